The molecular weight excluding hydrogens is 243 g/mol. The summed E-state index contributed by atoms with van der Waals surface area (Å²) in [5.41, 5.74) is 7.08. The zero-order valence-electron chi connectivity index (χ0n) is 11.9. The minimum Gasteiger partial charge on any atom is -0.494 e. The number of hydrogen-bond donors (Lipinski definition) is 2. The second kappa shape index (κ2) is 5.68. The fourth-order valence-electron chi connectivity index (χ4n) is 2.93. The van der Waals surface area contributed by atoms with Gasteiger partial charge in [-0.1, -0.05) is 13.8 Å². The van der Waals surface area contributed by atoms with Gasteiger partial charge in [0, 0.05) is 18.2 Å². The highest BCUT2D eigenvalue weighted by Crippen LogP contribution is 2.34. The van der Waals surface area contributed by atoms with Gasteiger partial charge >= 0.3 is 0 Å². The summed E-state index contributed by atoms with van der Waals surface area (Å²) >= 11 is 0. The molecule has 19 heavy (non-hydrogen) atoms. The number of nitrogens with one attached hydrogen (secondary N) is 1. The van der Waals surface area contributed by atoms with Crippen LogP contribution in [0, 0.1) is 17.7 Å². The van der Waals surface area contributed by atoms with Crippen molar-refractivity contribution in [2.75, 3.05) is 18.2 Å². The van der Waals surface area contributed by atoms with Crippen molar-refractivity contribution in [2.45, 2.75) is 39.2 Å². The van der Waals surface area contributed by atoms with Crippen molar-refractivity contribution in [3.05, 3.63) is 17.9 Å². The molecule has 0 heterocycles. The van der Waals surface area contributed by atoms with E-state index in [4.69, 9.17) is 10.5 Å². The molecule has 3 unspecified atom stereocenters. The van der Waals surface area contributed by atoms with E-state index in [0.717, 1.165) is 18.0 Å². The second-order valence-electron chi connectivity index (χ2n) is 5.72. The summed E-state index contributed by atoms with van der Waals surface area (Å²) in [7, 11) is 1.46. The van der Waals surface area contributed by atoms with Crippen LogP contribution in [0.1, 0.15) is 33.1 Å². The van der Waals surface area contributed by atoms with Crippen LogP contribution in [0.25, 0.3) is 0 Å². The number of halogens is 1. The Bertz CT molecular complexity index is 450. The van der Waals surface area contributed by atoms with Crippen molar-refractivity contribution in [1.29, 1.82) is 0 Å². The smallest absolute Gasteiger partial charge is 0.167 e. The quantitative estimate of drug-likeness (QED) is 0.821. The average Bonchev–Trinajstić information content (AvgIpc) is 2.35. The highest BCUT2D eigenvalue weighted by atomic mass is 19.1. The SMILES string of the molecule is COc1cc(NC2CCC(C)CC2C)c(N)cc1F. The lowest BCUT2D eigenvalue weighted by Crippen LogP contribution is -2.33. The third-order valence-corrected chi connectivity index (χ3v) is 4.10. The van der Waals surface area contributed by atoms with E-state index in [1.165, 1.54) is 26.0 Å². The summed E-state index contributed by atoms with van der Waals surface area (Å²) in [6, 6.07) is 3.36. The third-order valence-electron chi connectivity index (χ3n) is 4.10. The fourth-order valence-corrected chi connectivity index (χ4v) is 2.93. The Labute approximate surface area is 114 Å². The van der Waals surface area contributed by atoms with Crippen molar-refractivity contribution in [1.82, 2.24) is 0 Å². The van der Waals surface area contributed by atoms with Crippen LogP contribution in [0.15, 0.2) is 12.1 Å². The average molecular weight is 266 g/mol. The number of nitrogens with two attached hydrogens (primary N) is 1. The summed E-state index contributed by atoms with van der Waals surface area (Å²) in [6.45, 7) is 4.55. The van der Waals surface area contributed by atoms with Gasteiger partial charge in [0.1, 0.15) is 0 Å². The number of hydrogen-bond acceptors (Lipinski definition) is 3. The molecular formula is C15H23FN2O. The molecule has 0 spiro atoms. The van der Waals surface area contributed by atoms with Gasteiger partial charge in [0.25, 0.3) is 0 Å². The van der Waals surface area contributed by atoms with Gasteiger partial charge < -0.3 is 15.8 Å². The maximum Gasteiger partial charge on any atom is 0.167 e. The van der Waals surface area contributed by atoms with Crippen LogP contribution in [0.2, 0.25) is 0 Å². The predicted molar refractivity (Wildman–Crippen MR) is 77.0 cm³/mol. The minimum atomic E-state index is -0.420. The molecule has 1 aromatic rings. The number of benzene rings is 1. The van der Waals surface area contributed by atoms with Gasteiger partial charge in [-0.3, -0.25) is 0 Å². The van der Waals surface area contributed by atoms with Crippen molar-refractivity contribution >= 4 is 11.4 Å². The molecule has 4 heteroatoms. The first-order valence-electron chi connectivity index (χ1n) is 6.90. The van der Waals surface area contributed by atoms with Crippen LogP contribution in [-0.4, -0.2) is 13.2 Å². The molecule has 1 aliphatic carbocycles. The van der Waals surface area contributed by atoms with Crippen molar-refractivity contribution in [2.24, 2.45) is 11.8 Å². The van der Waals surface area contributed by atoms with Crippen LogP contribution in [-0.2, 0) is 0 Å². The van der Waals surface area contributed by atoms with Gasteiger partial charge in [-0.25, -0.2) is 4.39 Å². The van der Waals surface area contributed by atoms with E-state index >= 15 is 0 Å². The maximum atomic E-state index is 13.5. The lowest BCUT2D eigenvalue weighted by Gasteiger charge is -2.34. The zero-order valence-corrected chi connectivity index (χ0v) is 11.9. The molecule has 0 aliphatic heterocycles. The van der Waals surface area contributed by atoms with Gasteiger partial charge in [0.05, 0.1) is 18.5 Å². The van der Waals surface area contributed by atoms with Crippen LogP contribution >= 0.6 is 0 Å². The molecule has 1 aliphatic rings. The standard InChI is InChI=1S/C15H23FN2O/c1-9-4-5-13(10(2)6-9)18-14-8-15(19-3)11(16)7-12(14)17/h7-10,13,18H,4-6,17H2,1-3H3. The molecule has 106 valence electrons. The molecule has 0 radical (unpaired) electrons. The van der Waals surface area contributed by atoms with Crippen molar-refractivity contribution < 1.29 is 9.13 Å². The summed E-state index contributed by atoms with van der Waals surface area (Å²) in [5, 5.41) is 3.45. The first-order valence-corrected chi connectivity index (χ1v) is 6.90. The molecule has 2 rings (SSSR count). The summed E-state index contributed by atoms with van der Waals surface area (Å²) < 4.78 is 18.5. The Hall–Kier alpha value is -1.45. The lowest BCUT2D eigenvalue weighted by atomic mass is 9.80. The van der Waals surface area contributed by atoms with E-state index < -0.39 is 5.82 Å². The number of rotatable bonds is 3. The predicted octanol–water partition coefficient (Wildman–Crippen LogP) is 3.65. The highest BCUT2D eigenvalue weighted by molar-refractivity contribution is 5.69. The van der Waals surface area contributed by atoms with E-state index in [9.17, 15) is 4.39 Å². The maximum absolute atomic E-state index is 13.5. The highest BCUT2D eigenvalue weighted by Gasteiger charge is 2.25. The molecule has 0 bridgehead atoms. The lowest BCUT2D eigenvalue weighted by molar-refractivity contribution is 0.276. The van der Waals surface area contributed by atoms with E-state index in [1.54, 1.807) is 6.07 Å². The number of methoxy groups -OCH3 is 1. The number of anilines is 2. The molecule has 0 saturated heterocycles. The van der Waals surface area contributed by atoms with E-state index in [0.29, 0.717) is 17.6 Å². The topological polar surface area (TPSA) is 47.3 Å². The molecule has 1 fully saturated rings. The molecule has 3 nitrogen and oxygen atoms in total. The van der Waals surface area contributed by atoms with Gasteiger partial charge in [0.15, 0.2) is 11.6 Å². The van der Waals surface area contributed by atoms with Crippen LogP contribution in [0.4, 0.5) is 15.8 Å². The van der Waals surface area contributed by atoms with E-state index in [1.807, 2.05) is 0 Å². The summed E-state index contributed by atoms with van der Waals surface area (Å²) in [6.07, 6.45) is 3.57. The first-order chi connectivity index (χ1) is 9.01. The largest absolute Gasteiger partial charge is 0.494 e. The van der Waals surface area contributed by atoms with Crippen molar-refractivity contribution in [3.8, 4) is 5.75 Å². The number of ether oxygens (including phenoxy) is 1. The molecule has 1 saturated carbocycles. The van der Waals surface area contributed by atoms with Crippen LogP contribution in [0.3, 0.4) is 0 Å². The van der Waals surface area contributed by atoms with E-state index in [-0.39, 0.29) is 5.75 Å². The van der Waals surface area contributed by atoms with Gasteiger partial charge in [-0.15, -0.1) is 0 Å². The van der Waals surface area contributed by atoms with Crippen molar-refractivity contribution in [3.63, 3.8) is 0 Å². The Morgan fingerprint density at radius 1 is 1.32 bits per heavy atom. The van der Waals surface area contributed by atoms with E-state index in [2.05, 4.69) is 19.2 Å². The Balaban J connectivity index is 2.14. The molecule has 0 aromatic heterocycles. The molecule has 3 atom stereocenters. The van der Waals surface area contributed by atoms with Crippen LogP contribution in [0.5, 0.6) is 5.75 Å². The normalized spacial score (nSPS) is 27.1. The van der Waals surface area contributed by atoms with Gasteiger partial charge in [0.2, 0.25) is 0 Å². The minimum absolute atomic E-state index is 0.230. The first kappa shape index (κ1) is 14.0. The molecule has 0 amide bonds. The Morgan fingerprint density at radius 3 is 2.68 bits per heavy atom. The van der Waals surface area contributed by atoms with Gasteiger partial charge in [-0.2, -0.15) is 0 Å². The molecule has 3 N–H and O–H groups in total. The summed E-state index contributed by atoms with van der Waals surface area (Å²) in [5.74, 6) is 1.19. The Morgan fingerprint density at radius 2 is 2.05 bits per heavy atom. The third kappa shape index (κ3) is 3.11. The second-order valence-corrected chi connectivity index (χ2v) is 5.72. The fraction of sp³-hybridized carbons (Fsp3) is 0.600. The summed E-state index contributed by atoms with van der Waals surface area (Å²) in [4.78, 5) is 0. The van der Waals surface area contributed by atoms with Gasteiger partial charge in [-0.05, 0) is 31.1 Å². The van der Waals surface area contributed by atoms with Crippen LogP contribution < -0.4 is 15.8 Å². The molecule has 1 aromatic carbocycles. The zero-order chi connectivity index (χ0) is 14.0. The number of nitrogen functional groups attached to an aromatic ring is 1. The Kier molecular flexibility index (Phi) is 4.17. The monoisotopic (exact) mass is 266 g/mol.